The second-order valence-electron chi connectivity index (χ2n) is 5.04. The van der Waals surface area contributed by atoms with Gasteiger partial charge in [-0.15, -0.1) is 0 Å². The molecule has 0 unspecified atom stereocenters. The zero-order valence-corrected chi connectivity index (χ0v) is 8.84. The summed E-state index contributed by atoms with van der Waals surface area (Å²) in [5, 5.41) is 0. The predicted octanol–water partition coefficient (Wildman–Crippen LogP) is 1.41. The molecule has 2 rings (SSSR count). The molecule has 3 heteroatoms. The van der Waals surface area contributed by atoms with Crippen LogP contribution in [-0.2, 0) is 10.2 Å². The van der Waals surface area contributed by atoms with Gasteiger partial charge in [0.25, 0.3) is 0 Å². The van der Waals surface area contributed by atoms with Crippen LogP contribution in [-0.4, -0.2) is 23.7 Å². The van der Waals surface area contributed by atoms with Crippen molar-refractivity contribution < 1.29 is 4.74 Å². The maximum Gasteiger partial charge on any atom is 0.0586 e. The van der Waals surface area contributed by atoms with Gasteiger partial charge in [-0.05, 0) is 31.9 Å². The Morgan fingerprint density at radius 3 is 2.64 bits per heavy atom. The lowest BCUT2D eigenvalue weighted by Crippen LogP contribution is -2.53. The number of H-pyrrole nitrogens is 1. The zero-order chi connectivity index (χ0) is 10.2. The minimum atomic E-state index is -0.138. The van der Waals surface area contributed by atoms with Crippen LogP contribution in [0.4, 0.5) is 0 Å². The van der Waals surface area contributed by atoms with Gasteiger partial charge in [-0.25, -0.2) is 0 Å². The summed E-state index contributed by atoms with van der Waals surface area (Å²) >= 11 is 0. The molecule has 0 atom stereocenters. The average molecular weight is 194 g/mol. The van der Waals surface area contributed by atoms with Crippen molar-refractivity contribution in [1.82, 2.24) is 4.98 Å². The van der Waals surface area contributed by atoms with Crippen LogP contribution in [0.2, 0.25) is 0 Å². The number of hydrogen-bond acceptors (Lipinski definition) is 2. The van der Waals surface area contributed by atoms with E-state index in [9.17, 15) is 0 Å². The summed E-state index contributed by atoms with van der Waals surface area (Å²) in [6.07, 6.45) is 4.98. The topological polar surface area (TPSA) is 51.0 Å². The average Bonchev–Trinajstić information content (AvgIpc) is 2.46. The van der Waals surface area contributed by atoms with Gasteiger partial charge in [0.05, 0.1) is 13.2 Å². The third-order valence-electron chi connectivity index (χ3n) is 2.76. The van der Waals surface area contributed by atoms with Crippen molar-refractivity contribution in [3.63, 3.8) is 0 Å². The molecule has 1 saturated heterocycles. The first-order valence-electron chi connectivity index (χ1n) is 5.02. The third kappa shape index (κ3) is 1.70. The van der Waals surface area contributed by atoms with Crippen molar-refractivity contribution in [3.8, 4) is 0 Å². The van der Waals surface area contributed by atoms with E-state index in [0.29, 0.717) is 0 Å². The van der Waals surface area contributed by atoms with E-state index in [0.717, 1.165) is 19.6 Å². The van der Waals surface area contributed by atoms with Crippen molar-refractivity contribution in [3.05, 3.63) is 24.0 Å². The van der Waals surface area contributed by atoms with E-state index >= 15 is 0 Å². The number of aromatic amines is 1. The molecule has 1 fully saturated rings. The van der Waals surface area contributed by atoms with Crippen LogP contribution in [0.15, 0.2) is 18.5 Å². The first kappa shape index (κ1) is 9.74. The molecule has 0 aliphatic carbocycles. The van der Waals surface area contributed by atoms with Crippen molar-refractivity contribution >= 4 is 0 Å². The molecule has 1 aromatic rings. The summed E-state index contributed by atoms with van der Waals surface area (Å²) < 4.78 is 5.34. The van der Waals surface area contributed by atoms with Gasteiger partial charge in [-0.1, -0.05) is 0 Å². The number of hydrogen-bond donors (Lipinski definition) is 2. The fourth-order valence-corrected chi connectivity index (χ4v) is 2.25. The first-order chi connectivity index (χ1) is 6.52. The van der Waals surface area contributed by atoms with Crippen molar-refractivity contribution in [2.75, 3.05) is 13.2 Å². The quantitative estimate of drug-likeness (QED) is 0.764. The second-order valence-corrected chi connectivity index (χ2v) is 5.04. The molecule has 0 amide bonds. The van der Waals surface area contributed by atoms with Gasteiger partial charge in [0, 0.05) is 23.3 Å². The molecule has 3 nitrogen and oxygen atoms in total. The third-order valence-corrected chi connectivity index (χ3v) is 2.76. The molecule has 3 N–H and O–H groups in total. The van der Waals surface area contributed by atoms with Crippen LogP contribution in [0.3, 0.4) is 0 Å². The second kappa shape index (κ2) is 3.11. The fourth-order valence-electron chi connectivity index (χ4n) is 2.25. The van der Waals surface area contributed by atoms with Crippen LogP contribution >= 0.6 is 0 Å². The zero-order valence-electron chi connectivity index (χ0n) is 8.84. The van der Waals surface area contributed by atoms with E-state index in [1.807, 2.05) is 12.4 Å². The molecule has 0 aromatic carbocycles. The summed E-state index contributed by atoms with van der Waals surface area (Å²) in [5.74, 6) is 0. The van der Waals surface area contributed by atoms with Gasteiger partial charge in [-0.3, -0.25) is 0 Å². The largest absolute Gasteiger partial charge is 0.379 e. The molecule has 0 saturated carbocycles. The van der Waals surface area contributed by atoms with Crippen LogP contribution in [0, 0.1) is 0 Å². The standard InChI is InChI=1S/C11H18N2O/c1-10(2,12)6-11(7-14-8-11)9-3-4-13-5-9/h3-5,13H,6-8,12H2,1-2H3. The van der Waals surface area contributed by atoms with E-state index in [-0.39, 0.29) is 11.0 Å². The van der Waals surface area contributed by atoms with Crippen LogP contribution < -0.4 is 5.73 Å². The maximum absolute atomic E-state index is 6.07. The Kier molecular flexibility index (Phi) is 2.16. The maximum atomic E-state index is 6.07. The Hall–Kier alpha value is -0.800. The highest BCUT2D eigenvalue weighted by atomic mass is 16.5. The van der Waals surface area contributed by atoms with E-state index in [4.69, 9.17) is 10.5 Å². The molecular weight excluding hydrogens is 176 g/mol. The number of rotatable bonds is 3. The highest BCUT2D eigenvalue weighted by Crippen LogP contribution is 2.38. The number of aromatic nitrogens is 1. The van der Waals surface area contributed by atoms with Crippen molar-refractivity contribution in [1.29, 1.82) is 0 Å². The molecule has 0 spiro atoms. The van der Waals surface area contributed by atoms with Crippen molar-refractivity contribution in [2.24, 2.45) is 5.73 Å². The monoisotopic (exact) mass is 194 g/mol. The summed E-state index contributed by atoms with van der Waals surface area (Å²) in [7, 11) is 0. The molecule has 1 aromatic heterocycles. The van der Waals surface area contributed by atoms with Gasteiger partial charge < -0.3 is 15.5 Å². The minimum Gasteiger partial charge on any atom is -0.379 e. The molecular formula is C11H18N2O. The van der Waals surface area contributed by atoms with E-state index in [2.05, 4.69) is 24.9 Å². The van der Waals surface area contributed by atoms with E-state index in [1.54, 1.807) is 0 Å². The minimum absolute atomic E-state index is 0.138. The molecule has 0 bridgehead atoms. The van der Waals surface area contributed by atoms with Crippen LogP contribution in [0.5, 0.6) is 0 Å². The summed E-state index contributed by atoms with van der Waals surface area (Å²) in [6, 6.07) is 2.12. The number of ether oxygens (including phenoxy) is 1. The Morgan fingerprint density at radius 2 is 2.29 bits per heavy atom. The van der Waals surface area contributed by atoms with Gasteiger partial charge >= 0.3 is 0 Å². The van der Waals surface area contributed by atoms with Gasteiger partial charge in [-0.2, -0.15) is 0 Å². The Morgan fingerprint density at radius 1 is 1.57 bits per heavy atom. The first-order valence-corrected chi connectivity index (χ1v) is 5.02. The number of nitrogens with two attached hydrogens (primary N) is 1. The highest BCUT2D eigenvalue weighted by molar-refractivity contribution is 5.26. The molecule has 14 heavy (non-hydrogen) atoms. The summed E-state index contributed by atoms with van der Waals surface area (Å²) in [5.41, 5.74) is 7.41. The van der Waals surface area contributed by atoms with E-state index < -0.39 is 0 Å². The summed E-state index contributed by atoms with van der Waals surface area (Å²) in [6.45, 7) is 5.73. The van der Waals surface area contributed by atoms with Gasteiger partial charge in [0.1, 0.15) is 0 Å². The normalized spacial score (nSPS) is 20.5. The Bertz CT molecular complexity index is 294. The smallest absolute Gasteiger partial charge is 0.0586 e. The predicted molar refractivity (Wildman–Crippen MR) is 56.2 cm³/mol. The van der Waals surface area contributed by atoms with Gasteiger partial charge in [0.2, 0.25) is 0 Å². The molecule has 1 aliphatic heterocycles. The lowest BCUT2D eigenvalue weighted by molar-refractivity contribution is -0.0718. The fraction of sp³-hybridized carbons (Fsp3) is 0.636. The molecule has 2 heterocycles. The van der Waals surface area contributed by atoms with E-state index in [1.165, 1.54) is 5.56 Å². The van der Waals surface area contributed by atoms with Crippen LogP contribution in [0.1, 0.15) is 25.8 Å². The Balaban J connectivity index is 2.19. The number of nitrogens with one attached hydrogen (secondary N) is 1. The lowest BCUT2D eigenvalue weighted by atomic mass is 9.72. The molecule has 78 valence electrons. The Labute approximate surface area is 84.6 Å². The SMILES string of the molecule is CC(C)(N)CC1(c2cc[nH]c2)COC1. The molecule has 0 radical (unpaired) electrons. The highest BCUT2D eigenvalue weighted by Gasteiger charge is 2.43. The van der Waals surface area contributed by atoms with Crippen molar-refractivity contribution in [2.45, 2.75) is 31.2 Å². The summed E-state index contributed by atoms with van der Waals surface area (Å²) in [4.78, 5) is 3.09. The van der Waals surface area contributed by atoms with Crippen LogP contribution in [0.25, 0.3) is 0 Å². The lowest BCUT2D eigenvalue weighted by Gasteiger charge is -2.44. The molecule has 1 aliphatic rings. The van der Waals surface area contributed by atoms with Gasteiger partial charge in [0.15, 0.2) is 0 Å².